The largest absolute Gasteiger partial charge is 0.310 e. The number of hydrogen-bond acceptors (Lipinski definition) is 5. The van der Waals surface area contributed by atoms with Crippen molar-refractivity contribution in [3.8, 4) is 0 Å². The van der Waals surface area contributed by atoms with E-state index in [-0.39, 0.29) is 5.69 Å². The Morgan fingerprint density at radius 1 is 1.24 bits per heavy atom. The Morgan fingerprint density at radius 3 is 2.57 bits per heavy atom. The predicted octanol–water partition coefficient (Wildman–Crippen LogP) is 3.39. The summed E-state index contributed by atoms with van der Waals surface area (Å²) in [6.45, 7) is 0.861. The van der Waals surface area contributed by atoms with Crippen molar-refractivity contribution >= 4 is 17.4 Å². The van der Waals surface area contributed by atoms with Crippen molar-refractivity contribution in [2.24, 2.45) is 0 Å². The first-order chi connectivity index (χ1) is 10.2. The molecule has 6 heteroatoms. The second kappa shape index (κ2) is 6.24. The Labute approximate surface area is 126 Å². The number of nitro benzene ring substituents is 1. The van der Waals surface area contributed by atoms with Crippen LogP contribution in [0.15, 0.2) is 52.5 Å². The lowest BCUT2D eigenvalue weighted by Crippen LogP contribution is -2.15. The van der Waals surface area contributed by atoms with Gasteiger partial charge in [-0.1, -0.05) is 17.8 Å². The van der Waals surface area contributed by atoms with Gasteiger partial charge in [0.25, 0.3) is 5.69 Å². The van der Waals surface area contributed by atoms with Crippen LogP contribution in [0.2, 0.25) is 0 Å². The van der Waals surface area contributed by atoms with Gasteiger partial charge in [-0.3, -0.25) is 10.1 Å². The summed E-state index contributed by atoms with van der Waals surface area (Å²) in [5, 5.41) is 14.9. The number of aromatic nitrogens is 1. The van der Waals surface area contributed by atoms with Crippen LogP contribution in [0.4, 0.5) is 5.69 Å². The maximum absolute atomic E-state index is 10.6. The minimum Gasteiger partial charge on any atom is -0.310 e. The minimum absolute atomic E-state index is 0.105. The molecule has 0 aliphatic heterocycles. The molecule has 3 rings (SSSR count). The van der Waals surface area contributed by atoms with Crippen LogP contribution < -0.4 is 5.32 Å². The van der Waals surface area contributed by atoms with Crippen molar-refractivity contribution < 1.29 is 4.92 Å². The van der Waals surface area contributed by atoms with Gasteiger partial charge in [0.1, 0.15) is 5.03 Å². The predicted molar refractivity (Wildman–Crippen MR) is 81.3 cm³/mol. The molecular weight excluding hydrogens is 286 g/mol. The standard InChI is InChI=1S/C15H15N3O2S/c19-18(20)13-4-6-14(7-5-13)21-15-8-1-11(10-17-15)9-16-12-2-3-12/h1,4-8,10,12,16H,2-3,9H2. The lowest BCUT2D eigenvalue weighted by Gasteiger charge is -2.04. The second-order valence-corrected chi connectivity index (χ2v) is 6.11. The molecule has 1 N–H and O–H groups in total. The minimum atomic E-state index is -0.394. The Morgan fingerprint density at radius 2 is 2.00 bits per heavy atom. The zero-order valence-corrected chi connectivity index (χ0v) is 12.2. The molecule has 108 valence electrons. The number of nitro groups is 1. The molecule has 1 aliphatic carbocycles. The molecule has 2 aromatic rings. The fourth-order valence-corrected chi connectivity index (χ4v) is 2.64. The third-order valence-electron chi connectivity index (χ3n) is 3.24. The molecule has 1 saturated carbocycles. The molecule has 0 unspecified atom stereocenters. The summed E-state index contributed by atoms with van der Waals surface area (Å²) in [5.74, 6) is 0. The molecular formula is C15H15N3O2S. The van der Waals surface area contributed by atoms with Gasteiger partial charge in [-0.25, -0.2) is 4.98 Å². The number of rotatable bonds is 6. The molecule has 0 bridgehead atoms. The van der Waals surface area contributed by atoms with Gasteiger partial charge in [0, 0.05) is 35.8 Å². The Balaban J connectivity index is 1.59. The van der Waals surface area contributed by atoms with Gasteiger partial charge in [-0.2, -0.15) is 0 Å². The first kappa shape index (κ1) is 14.0. The summed E-state index contributed by atoms with van der Waals surface area (Å²) in [6.07, 6.45) is 4.44. The summed E-state index contributed by atoms with van der Waals surface area (Å²) in [5.41, 5.74) is 1.28. The van der Waals surface area contributed by atoms with Crippen LogP contribution in [-0.2, 0) is 6.54 Å². The van der Waals surface area contributed by atoms with Crippen LogP contribution in [0.5, 0.6) is 0 Å². The molecule has 0 saturated heterocycles. The van der Waals surface area contributed by atoms with E-state index in [0.29, 0.717) is 6.04 Å². The quantitative estimate of drug-likeness (QED) is 0.654. The molecule has 1 fully saturated rings. The van der Waals surface area contributed by atoms with Crippen LogP contribution in [0, 0.1) is 10.1 Å². The lowest BCUT2D eigenvalue weighted by atomic mass is 10.3. The summed E-state index contributed by atoms with van der Waals surface area (Å²) in [7, 11) is 0. The van der Waals surface area contributed by atoms with Gasteiger partial charge >= 0.3 is 0 Å². The molecule has 1 aliphatic rings. The zero-order chi connectivity index (χ0) is 14.7. The van der Waals surface area contributed by atoms with Crippen molar-refractivity contribution in [2.45, 2.75) is 35.3 Å². The van der Waals surface area contributed by atoms with E-state index in [4.69, 9.17) is 0 Å². The van der Waals surface area contributed by atoms with E-state index < -0.39 is 4.92 Å². The van der Waals surface area contributed by atoms with Crippen molar-refractivity contribution in [1.29, 1.82) is 0 Å². The summed E-state index contributed by atoms with van der Waals surface area (Å²) < 4.78 is 0. The topological polar surface area (TPSA) is 68.1 Å². The average Bonchev–Trinajstić information content (AvgIpc) is 3.31. The Hall–Kier alpha value is -1.92. The van der Waals surface area contributed by atoms with Gasteiger partial charge < -0.3 is 5.32 Å². The number of benzene rings is 1. The van der Waals surface area contributed by atoms with Gasteiger partial charge in [-0.15, -0.1) is 0 Å². The highest BCUT2D eigenvalue weighted by Gasteiger charge is 2.19. The maximum atomic E-state index is 10.6. The highest BCUT2D eigenvalue weighted by Crippen LogP contribution is 2.27. The number of pyridine rings is 1. The fourth-order valence-electron chi connectivity index (χ4n) is 1.88. The van der Waals surface area contributed by atoms with Crippen molar-refractivity contribution in [1.82, 2.24) is 10.3 Å². The van der Waals surface area contributed by atoms with E-state index in [9.17, 15) is 10.1 Å². The number of nitrogens with zero attached hydrogens (tertiary/aromatic N) is 2. The highest BCUT2D eigenvalue weighted by atomic mass is 32.2. The van der Waals surface area contributed by atoms with E-state index in [1.165, 1.54) is 42.3 Å². The smallest absolute Gasteiger partial charge is 0.269 e. The third-order valence-corrected chi connectivity index (χ3v) is 4.20. The molecule has 0 spiro atoms. The average molecular weight is 301 g/mol. The summed E-state index contributed by atoms with van der Waals surface area (Å²) >= 11 is 1.50. The van der Waals surface area contributed by atoms with Crippen molar-refractivity contribution in [2.75, 3.05) is 0 Å². The van der Waals surface area contributed by atoms with Gasteiger partial charge in [0.15, 0.2) is 0 Å². The second-order valence-electron chi connectivity index (χ2n) is 5.01. The molecule has 1 heterocycles. The van der Waals surface area contributed by atoms with E-state index in [1.807, 2.05) is 12.3 Å². The Kier molecular flexibility index (Phi) is 4.17. The van der Waals surface area contributed by atoms with Gasteiger partial charge in [-0.05, 0) is 36.6 Å². The number of hydrogen-bond donors (Lipinski definition) is 1. The molecule has 1 aromatic heterocycles. The van der Waals surface area contributed by atoms with Crippen LogP contribution in [0.25, 0.3) is 0 Å². The van der Waals surface area contributed by atoms with Crippen LogP contribution >= 0.6 is 11.8 Å². The monoisotopic (exact) mass is 301 g/mol. The van der Waals surface area contributed by atoms with Crippen LogP contribution in [-0.4, -0.2) is 15.9 Å². The zero-order valence-electron chi connectivity index (χ0n) is 11.4. The number of nitrogens with one attached hydrogen (secondary N) is 1. The van der Waals surface area contributed by atoms with Crippen LogP contribution in [0.1, 0.15) is 18.4 Å². The van der Waals surface area contributed by atoms with Crippen molar-refractivity contribution in [3.05, 3.63) is 58.3 Å². The fraction of sp³-hybridized carbons (Fsp3) is 0.267. The molecule has 0 radical (unpaired) electrons. The molecule has 5 nitrogen and oxygen atoms in total. The summed E-state index contributed by atoms with van der Waals surface area (Å²) in [4.78, 5) is 15.6. The Bertz CT molecular complexity index is 624. The normalized spacial score (nSPS) is 14.1. The lowest BCUT2D eigenvalue weighted by molar-refractivity contribution is -0.384. The maximum Gasteiger partial charge on any atom is 0.269 e. The van der Waals surface area contributed by atoms with Crippen molar-refractivity contribution in [3.63, 3.8) is 0 Å². The van der Waals surface area contributed by atoms with Gasteiger partial charge in [0.05, 0.1) is 4.92 Å². The van der Waals surface area contributed by atoms with Gasteiger partial charge in [0.2, 0.25) is 0 Å². The SMILES string of the molecule is O=[N+]([O-])c1ccc(Sc2ccc(CNC3CC3)cn2)cc1. The molecule has 0 amide bonds. The highest BCUT2D eigenvalue weighted by molar-refractivity contribution is 7.99. The van der Waals surface area contributed by atoms with E-state index in [2.05, 4.69) is 16.4 Å². The number of non-ortho nitro benzene ring substituents is 1. The molecule has 21 heavy (non-hydrogen) atoms. The van der Waals surface area contributed by atoms with Crippen LogP contribution in [0.3, 0.4) is 0 Å². The first-order valence-corrected chi connectivity index (χ1v) is 7.63. The third kappa shape index (κ3) is 4.03. The first-order valence-electron chi connectivity index (χ1n) is 6.81. The molecule has 1 aromatic carbocycles. The molecule has 0 atom stereocenters. The van der Waals surface area contributed by atoms with E-state index in [0.717, 1.165) is 16.5 Å². The van der Waals surface area contributed by atoms with E-state index >= 15 is 0 Å². The summed E-state index contributed by atoms with van der Waals surface area (Å²) in [6, 6.07) is 11.2. The van der Waals surface area contributed by atoms with E-state index in [1.54, 1.807) is 12.1 Å².